The first-order valence-corrected chi connectivity index (χ1v) is 4.99. The summed E-state index contributed by atoms with van der Waals surface area (Å²) in [5.41, 5.74) is 4.89. The highest BCUT2D eigenvalue weighted by atomic mass is 16.6. The maximum absolute atomic E-state index is 11.4. The number of ether oxygens (including phenoxy) is 2. The van der Waals surface area contributed by atoms with Crippen molar-refractivity contribution in [3.8, 4) is 0 Å². The van der Waals surface area contributed by atoms with Crippen LogP contribution in [-0.2, 0) is 25.7 Å². The molecule has 0 aromatic heterocycles. The van der Waals surface area contributed by atoms with Crippen LogP contribution in [0, 0.1) is 0 Å². The van der Waals surface area contributed by atoms with E-state index in [1.807, 2.05) is 30.3 Å². The fourth-order valence-corrected chi connectivity index (χ4v) is 1.24. The van der Waals surface area contributed by atoms with Gasteiger partial charge in [-0.25, -0.2) is 10.7 Å². The third-order valence-electron chi connectivity index (χ3n) is 2.17. The zero-order valence-corrected chi connectivity index (χ0v) is 9.59. The minimum Gasteiger partial charge on any atom is -0.466 e. The molecule has 0 aliphatic heterocycles. The number of hydrogen-bond acceptors (Lipinski definition) is 6. The smallest absolute Gasteiger partial charge is 0.356 e. The third kappa shape index (κ3) is 3.79. The molecule has 0 aliphatic rings. The fourth-order valence-electron chi connectivity index (χ4n) is 1.24. The van der Waals surface area contributed by atoms with E-state index < -0.39 is 11.7 Å². The Balaban J connectivity index is 2.64. The number of carbonyl (C=O) groups excluding carboxylic acids is 1. The molecule has 0 bridgehead atoms. The molecule has 1 aromatic rings. The Bertz CT molecular complexity index is 358. The lowest BCUT2D eigenvalue weighted by molar-refractivity contribution is -0.180. The number of methoxy groups -OCH3 is 1. The van der Waals surface area contributed by atoms with Gasteiger partial charge in [-0.2, -0.15) is 0 Å². The quantitative estimate of drug-likeness (QED) is 0.410. The maximum Gasteiger partial charge on any atom is 0.356 e. The van der Waals surface area contributed by atoms with Gasteiger partial charge in [0.25, 0.3) is 0 Å². The van der Waals surface area contributed by atoms with Crippen LogP contribution in [0.3, 0.4) is 0 Å². The van der Waals surface area contributed by atoms with Gasteiger partial charge in [-0.05, 0) is 5.56 Å². The van der Waals surface area contributed by atoms with Crippen LogP contribution in [0.2, 0.25) is 0 Å². The highest BCUT2D eigenvalue weighted by Gasteiger charge is 2.37. The highest BCUT2D eigenvalue weighted by Crippen LogP contribution is 2.10. The monoisotopic (exact) mass is 240 g/mol. The van der Waals surface area contributed by atoms with E-state index >= 15 is 0 Å². The Morgan fingerprint density at radius 2 is 2.00 bits per heavy atom. The molecule has 0 amide bonds. The fraction of sp³-hybridized carbons (Fsp3) is 0.364. The third-order valence-corrected chi connectivity index (χ3v) is 2.17. The molecule has 0 unspecified atom stereocenters. The topological polar surface area (TPSA) is 96.8 Å². The van der Waals surface area contributed by atoms with Crippen molar-refractivity contribution in [1.82, 2.24) is 0 Å². The van der Waals surface area contributed by atoms with Gasteiger partial charge in [0.2, 0.25) is 5.72 Å². The van der Waals surface area contributed by atoms with Crippen LogP contribution in [0.5, 0.6) is 0 Å². The van der Waals surface area contributed by atoms with E-state index in [1.54, 1.807) is 0 Å². The number of rotatable bonds is 6. The SMILES string of the molecule is COC(=O)[C@](N)(CON)OCc1ccccc1. The molecule has 0 fully saturated rings. The minimum absolute atomic E-state index is 0.162. The molecule has 0 saturated carbocycles. The van der Waals surface area contributed by atoms with Gasteiger partial charge in [-0.1, -0.05) is 30.3 Å². The largest absolute Gasteiger partial charge is 0.466 e. The number of nitrogens with two attached hydrogens (primary N) is 2. The summed E-state index contributed by atoms with van der Waals surface area (Å²) in [4.78, 5) is 15.8. The van der Waals surface area contributed by atoms with Gasteiger partial charge in [0.05, 0.1) is 13.7 Å². The Morgan fingerprint density at radius 1 is 1.35 bits per heavy atom. The molecule has 6 heteroatoms. The van der Waals surface area contributed by atoms with Crippen molar-refractivity contribution in [2.75, 3.05) is 13.7 Å². The second-order valence-corrected chi connectivity index (χ2v) is 3.47. The van der Waals surface area contributed by atoms with Gasteiger partial charge in [0.15, 0.2) is 0 Å². The summed E-state index contributed by atoms with van der Waals surface area (Å²) in [6.45, 7) is -0.123. The van der Waals surface area contributed by atoms with Crippen LogP contribution in [0.15, 0.2) is 30.3 Å². The number of hydrogen-bond donors (Lipinski definition) is 2. The molecule has 1 aromatic carbocycles. The summed E-state index contributed by atoms with van der Waals surface area (Å²) < 4.78 is 9.84. The molecule has 94 valence electrons. The zero-order chi connectivity index (χ0) is 12.7. The molecule has 1 atom stereocenters. The molecule has 1 rings (SSSR count). The molecule has 0 aliphatic carbocycles. The van der Waals surface area contributed by atoms with E-state index in [2.05, 4.69) is 9.57 Å². The summed E-state index contributed by atoms with van der Waals surface area (Å²) in [7, 11) is 1.21. The second-order valence-electron chi connectivity index (χ2n) is 3.47. The second kappa shape index (κ2) is 6.31. The predicted molar refractivity (Wildman–Crippen MR) is 60.3 cm³/mol. The molecule has 6 nitrogen and oxygen atoms in total. The predicted octanol–water partition coefficient (Wildman–Crippen LogP) is -0.0785. The zero-order valence-electron chi connectivity index (χ0n) is 9.59. The van der Waals surface area contributed by atoms with Gasteiger partial charge < -0.3 is 9.47 Å². The molecule has 0 spiro atoms. The first-order chi connectivity index (χ1) is 8.12. The normalized spacial score (nSPS) is 14.1. The standard InChI is InChI=1S/C11H16N2O4/c1-15-10(14)11(12,8-17-13)16-7-9-5-3-2-4-6-9/h2-6H,7-8,12-13H2,1H3/t11-/m0/s1. The lowest BCUT2D eigenvalue weighted by Crippen LogP contribution is -2.55. The van der Waals surface area contributed by atoms with Crippen molar-refractivity contribution in [3.05, 3.63) is 35.9 Å². The van der Waals surface area contributed by atoms with Crippen LogP contribution >= 0.6 is 0 Å². The molecule has 0 heterocycles. The molecule has 4 N–H and O–H groups in total. The Hall–Kier alpha value is -1.47. The van der Waals surface area contributed by atoms with Crippen LogP contribution in [0.1, 0.15) is 5.56 Å². The summed E-state index contributed by atoms with van der Waals surface area (Å²) >= 11 is 0. The first kappa shape index (κ1) is 13.6. The summed E-state index contributed by atoms with van der Waals surface area (Å²) in [6.07, 6.45) is 0. The van der Waals surface area contributed by atoms with Crippen molar-refractivity contribution >= 4 is 5.97 Å². The van der Waals surface area contributed by atoms with Crippen LogP contribution < -0.4 is 11.6 Å². The summed E-state index contributed by atoms with van der Waals surface area (Å²) in [5.74, 6) is 4.17. The number of benzene rings is 1. The van der Waals surface area contributed by atoms with E-state index in [0.29, 0.717) is 0 Å². The average molecular weight is 240 g/mol. The highest BCUT2D eigenvalue weighted by molar-refractivity contribution is 5.78. The summed E-state index contributed by atoms with van der Waals surface area (Å²) in [5, 5.41) is 0. The van der Waals surface area contributed by atoms with Crippen molar-refractivity contribution in [3.63, 3.8) is 0 Å². The number of esters is 1. The van der Waals surface area contributed by atoms with Gasteiger partial charge >= 0.3 is 5.97 Å². The lowest BCUT2D eigenvalue weighted by atomic mass is 10.2. The molecular weight excluding hydrogens is 224 g/mol. The van der Waals surface area contributed by atoms with Gasteiger partial charge in [0.1, 0.15) is 6.61 Å². The Labute approximate surface area is 99.4 Å². The first-order valence-electron chi connectivity index (χ1n) is 4.99. The molecule has 0 radical (unpaired) electrons. The minimum atomic E-state index is -1.70. The van der Waals surface area contributed by atoms with Crippen molar-refractivity contribution in [2.45, 2.75) is 12.3 Å². The van der Waals surface area contributed by atoms with E-state index in [1.165, 1.54) is 7.11 Å². The van der Waals surface area contributed by atoms with E-state index in [4.69, 9.17) is 16.4 Å². The van der Waals surface area contributed by atoms with Crippen molar-refractivity contribution in [1.29, 1.82) is 0 Å². The Kier molecular flexibility index (Phi) is 5.05. The van der Waals surface area contributed by atoms with Gasteiger partial charge in [0, 0.05) is 0 Å². The van der Waals surface area contributed by atoms with Crippen molar-refractivity contribution in [2.24, 2.45) is 11.6 Å². The van der Waals surface area contributed by atoms with E-state index in [9.17, 15) is 4.79 Å². The van der Waals surface area contributed by atoms with E-state index in [0.717, 1.165) is 5.56 Å². The van der Waals surface area contributed by atoms with Gasteiger partial charge in [-0.3, -0.25) is 10.6 Å². The lowest BCUT2D eigenvalue weighted by Gasteiger charge is -2.25. The van der Waals surface area contributed by atoms with E-state index in [-0.39, 0.29) is 13.2 Å². The summed E-state index contributed by atoms with van der Waals surface area (Å²) in [6, 6.07) is 9.29. The van der Waals surface area contributed by atoms with Crippen molar-refractivity contribution < 1.29 is 19.1 Å². The molecular formula is C11H16N2O4. The number of carbonyl (C=O) groups is 1. The average Bonchev–Trinajstić information content (AvgIpc) is 2.37. The Morgan fingerprint density at radius 3 is 2.53 bits per heavy atom. The van der Waals surface area contributed by atoms with Crippen LogP contribution in [-0.4, -0.2) is 25.4 Å². The molecule has 17 heavy (non-hydrogen) atoms. The maximum atomic E-state index is 11.4. The van der Waals surface area contributed by atoms with Crippen LogP contribution in [0.25, 0.3) is 0 Å². The van der Waals surface area contributed by atoms with Crippen LogP contribution in [0.4, 0.5) is 0 Å². The van der Waals surface area contributed by atoms with Gasteiger partial charge in [-0.15, -0.1) is 0 Å². The molecule has 0 saturated heterocycles.